The predicted molar refractivity (Wildman–Crippen MR) is 126 cm³/mol. The normalized spacial score (nSPS) is 15.3. The second-order valence-electron chi connectivity index (χ2n) is 8.24. The number of aliphatic imine (C=N–C) groups is 1. The molecular formula is C23H29N3O2Si. The highest BCUT2D eigenvalue weighted by Gasteiger charge is 2.39. The van der Waals surface area contributed by atoms with Crippen LogP contribution in [0, 0.1) is 0 Å². The summed E-state index contributed by atoms with van der Waals surface area (Å²) in [6.07, 6.45) is 1.25. The Morgan fingerprint density at radius 3 is 2.21 bits per heavy atom. The predicted octanol–water partition coefficient (Wildman–Crippen LogP) is 3.20. The van der Waals surface area contributed by atoms with Crippen molar-refractivity contribution in [3.63, 3.8) is 0 Å². The van der Waals surface area contributed by atoms with Crippen molar-refractivity contribution in [3.8, 4) is 0 Å². The summed E-state index contributed by atoms with van der Waals surface area (Å²) in [7, 11) is 7.43. The van der Waals surface area contributed by atoms with Gasteiger partial charge in [0.05, 0.1) is 12.8 Å². The van der Waals surface area contributed by atoms with E-state index in [1.54, 1.807) is 0 Å². The number of carbonyl (C=O) groups is 1. The van der Waals surface area contributed by atoms with E-state index >= 15 is 0 Å². The van der Waals surface area contributed by atoms with Gasteiger partial charge in [-0.2, -0.15) is 4.99 Å². The average molecular weight is 408 g/mol. The lowest BCUT2D eigenvalue weighted by Gasteiger charge is -2.36. The Labute approximate surface area is 174 Å². The summed E-state index contributed by atoms with van der Waals surface area (Å²) >= 11 is 0. The smallest absolute Gasteiger partial charge is 0.433 e. The lowest BCUT2D eigenvalue weighted by molar-refractivity contribution is 0.182. The molecule has 0 atom stereocenters. The molecule has 0 radical (unpaired) electrons. The van der Waals surface area contributed by atoms with E-state index in [9.17, 15) is 4.79 Å². The van der Waals surface area contributed by atoms with Crippen molar-refractivity contribution in [2.24, 2.45) is 4.99 Å². The first-order valence-electron chi connectivity index (χ1n) is 9.59. The second kappa shape index (κ2) is 7.52. The Hall–Kier alpha value is -2.86. The summed E-state index contributed by atoms with van der Waals surface area (Å²) in [5, 5.41) is 2.52. The first kappa shape index (κ1) is 20.9. The highest BCUT2D eigenvalue weighted by atomic mass is 28.3. The third kappa shape index (κ3) is 3.49. The molecule has 0 spiro atoms. The van der Waals surface area contributed by atoms with Gasteiger partial charge in [-0.25, -0.2) is 4.79 Å². The molecule has 0 bridgehead atoms. The summed E-state index contributed by atoms with van der Waals surface area (Å²) in [5.74, 6) is 0. The number of nitrogens with zero attached hydrogens (tertiary/aromatic N) is 3. The third-order valence-corrected chi connectivity index (χ3v) is 9.13. The number of carbonyl (C=O) groups excluding carboxylic acids is 1. The Morgan fingerprint density at radius 2 is 1.66 bits per heavy atom. The fourth-order valence-corrected chi connectivity index (χ4v) is 6.96. The van der Waals surface area contributed by atoms with E-state index in [0.717, 1.165) is 28.1 Å². The highest BCUT2D eigenvalue weighted by Crippen LogP contribution is 2.29. The van der Waals surface area contributed by atoms with E-state index in [2.05, 4.69) is 64.8 Å². The number of amides is 1. The molecule has 2 aromatic carbocycles. The van der Waals surface area contributed by atoms with E-state index in [-0.39, 0.29) is 0 Å². The maximum absolute atomic E-state index is 12.2. The van der Waals surface area contributed by atoms with E-state index < -0.39 is 14.2 Å². The van der Waals surface area contributed by atoms with Crippen molar-refractivity contribution in [2.45, 2.75) is 13.1 Å². The number of rotatable bonds is 3. The Balaban J connectivity index is 2.44. The molecule has 0 fully saturated rings. The van der Waals surface area contributed by atoms with Gasteiger partial charge in [0.15, 0.2) is 0 Å². The van der Waals surface area contributed by atoms with Gasteiger partial charge in [0.1, 0.15) is 8.07 Å². The maximum atomic E-state index is 12.2. The van der Waals surface area contributed by atoms with E-state index in [0.29, 0.717) is 5.71 Å². The van der Waals surface area contributed by atoms with Crippen LogP contribution in [0.3, 0.4) is 0 Å². The fourth-order valence-electron chi connectivity index (χ4n) is 3.89. The van der Waals surface area contributed by atoms with Gasteiger partial charge in [0.2, 0.25) is 0 Å². The van der Waals surface area contributed by atoms with Crippen molar-refractivity contribution < 1.29 is 9.53 Å². The van der Waals surface area contributed by atoms with E-state index in [1.807, 2.05) is 34.3 Å². The van der Waals surface area contributed by atoms with Crippen molar-refractivity contribution in [1.29, 1.82) is 0 Å². The number of benzene rings is 2. The van der Waals surface area contributed by atoms with Crippen LogP contribution in [0.2, 0.25) is 13.1 Å². The summed E-state index contributed by atoms with van der Waals surface area (Å²) in [6.45, 7) is 8.74. The summed E-state index contributed by atoms with van der Waals surface area (Å²) in [4.78, 5) is 20.7. The minimum absolute atomic E-state index is 0.596. The monoisotopic (exact) mass is 407 g/mol. The number of ether oxygens (including phenoxy) is 1. The molecule has 1 amide bonds. The SMILES string of the molecule is C=Cc1cc(N(C)C)cc2c1/C(=N/C(=O)OC)c1ccc(N(C)C)cc1[Si]2(C)C. The first-order valence-corrected chi connectivity index (χ1v) is 12.6. The Kier molecular flexibility index (Phi) is 5.41. The van der Waals surface area contributed by atoms with E-state index in [1.165, 1.54) is 17.5 Å². The Bertz CT molecular complexity index is 1020. The van der Waals surface area contributed by atoms with Gasteiger partial charge in [-0.1, -0.05) is 31.8 Å². The van der Waals surface area contributed by atoms with Crippen molar-refractivity contribution in [2.75, 3.05) is 45.1 Å². The van der Waals surface area contributed by atoms with Gasteiger partial charge in [0, 0.05) is 50.7 Å². The standard InChI is InChI=1S/C23H29N3O2Si/c1-9-15-12-17(26(4)5)14-20-21(15)22(24-23(27)28-6)18-11-10-16(25(2)3)13-19(18)29(20,7)8/h9-14H,1H2,2-8H3/b24-22+. The molecule has 0 aromatic heterocycles. The van der Waals surface area contributed by atoms with Crippen LogP contribution in [-0.2, 0) is 4.74 Å². The number of hydrogen-bond acceptors (Lipinski definition) is 4. The van der Waals surface area contributed by atoms with Gasteiger partial charge >= 0.3 is 6.09 Å². The molecule has 3 rings (SSSR count). The van der Waals surface area contributed by atoms with Gasteiger partial charge in [0.25, 0.3) is 0 Å². The molecule has 0 N–H and O–H groups in total. The molecule has 0 saturated carbocycles. The molecule has 0 aliphatic carbocycles. The number of hydrogen-bond donors (Lipinski definition) is 0. The topological polar surface area (TPSA) is 45.1 Å². The minimum Gasteiger partial charge on any atom is -0.451 e. The van der Waals surface area contributed by atoms with Crippen LogP contribution in [0.1, 0.15) is 16.7 Å². The lowest BCUT2D eigenvalue weighted by Crippen LogP contribution is -2.60. The molecule has 1 heterocycles. The highest BCUT2D eigenvalue weighted by molar-refractivity contribution is 7.02. The average Bonchev–Trinajstić information content (AvgIpc) is 2.69. The first-order chi connectivity index (χ1) is 13.6. The van der Waals surface area contributed by atoms with Crippen LogP contribution >= 0.6 is 0 Å². The molecule has 152 valence electrons. The summed E-state index contributed by atoms with van der Waals surface area (Å²) in [6, 6.07) is 10.7. The van der Waals surface area contributed by atoms with Crippen molar-refractivity contribution in [3.05, 3.63) is 53.6 Å². The van der Waals surface area contributed by atoms with Crippen LogP contribution in [0.5, 0.6) is 0 Å². The van der Waals surface area contributed by atoms with Gasteiger partial charge in [-0.3, -0.25) is 0 Å². The van der Waals surface area contributed by atoms with Crippen LogP contribution in [0.25, 0.3) is 6.08 Å². The van der Waals surface area contributed by atoms with Crippen molar-refractivity contribution in [1.82, 2.24) is 0 Å². The number of fused-ring (bicyclic) bond motifs is 2. The molecule has 0 unspecified atom stereocenters. The lowest BCUT2D eigenvalue weighted by atomic mass is 9.95. The van der Waals surface area contributed by atoms with Gasteiger partial charge < -0.3 is 14.5 Å². The molecule has 2 aromatic rings. The largest absolute Gasteiger partial charge is 0.451 e. The van der Waals surface area contributed by atoms with Crippen LogP contribution in [0.4, 0.5) is 16.2 Å². The molecule has 1 aliphatic rings. The van der Waals surface area contributed by atoms with Crippen LogP contribution < -0.4 is 20.2 Å². The Morgan fingerprint density at radius 1 is 1.03 bits per heavy atom. The van der Waals surface area contributed by atoms with Crippen LogP contribution in [-0.4, -0.2) is 55.2 Å². The maximum Gasteiger partial charge on any atom is 0.433 e. The quantitative estimate of drug-likeness (QED) is 0.733. The molecular weight excluding hydrogens is 378 g/mol. The summed E-state index contributed by atoms with van der Waals surface area (Å²) in [5.41, 5.74) is 5.90. The zero-order valence-electron chi connectivity index (χ0n) is 18.3. The molecule has 29 heavy (non-hydrogen) atoms. The second-order valence-corrected chi connectivity index (χ2v) is 12.6. The number of methoxy groups -OCH3 is 1. The minimum atomic E-state index is -2.07. The zero-order chi connectivity index (χ0) is 21.5. The fraction of sp³-hybridized carbons (Fsp3) is 0.304. The molecule has 5 nitrogen and oxygen atoms in total. The molecule has 0 saturated heterocycles. The van der Waals surface area contributed by atoms with Crippen molar-refractivity contribution >= 4 is 47.7 Å². The molecule has 1 aliphatic heterocycles. The molecule has 6 heteroatoms. The third-order valence-electron chi connectivity index (χ3n) is 5.63. The van der Waals surface area contributed by atoms with Gasteiger partial charge in [-0.15, -0.1) is 0 Å². The van der Waals surface area contributed by atoms with E-state index in [4.69, 9.17) is 4.74 Å². The van der Waals surface area contributed by atoms with Gasteiger partial charge in [-0.05, 0) is 40.2 Å². The zero-order valence-corrected chi connectivity index (χ0v) is 19.3. The number of anilines is 2. The summed E-state index contributed by atoms with van der Waals surface area (Å²) < 4.78 is 4.88. The van der Waals surface area contributed by atoms with Crippen LogP contribution in [0.15, 0.2) is 41.9 Å².